The topological polar surface area (TPSA) is 75.7 Å². The van der Waals surface area contributed by atoms with Gasteiger partial charge < -0.3 is 10.1 Å². The number of benzene rings is 2. The number of hydrogen-bond donors (Lipinski definition) is 1. The molecule has 0 radical (unpaired) electrons. The molecule has 1 fully saturated rings. The predicted octanol–water partition coefficient (Wildman–Crippen LogP) is 4.04. The minimum Gasteiger partial charge on any atom is -0.495 e. The molecule has 27 heavy (non-hydrogen) atoms. The second-order valence-electron chi connectivity index (χ2n) is 6.03. The molecule has 1 aliphatic heterocycles. The van der Waals surface area contributed by atoms with Crippen molar-refractivity contribution < 1.29 is 17.9 Å². The zero-order chi connectivity index (χ0) is 19.6. The normalized spacial score (nSPS) is 14.9. The molecule has 1 saturated heterocycles. The van der Waals surface area contributed by atoms with E-state index in [-0.39, 0.29) is 31.9 Å². The summed E-state index contributed by atoms with van der Waals surface area (Å²) in [7, 11) is -2.36. The summed E-state index contributed by atoms with van der Waals surface area (Å²) < 4.78 is 32.5. The highest BCUT2D eigenvalue weighted by Gasteiger charge is 2.30. The lowest BCUT2D eigenvalue weighted by molar-refractivity contribution is 0.102. The van der Waals surface area contributed by atoms with Gasteiger partial charge in [0.25, 0.3) is 5.91 Å². The lowest BCUT2D eigenvalue weighted by Crippen LogP contribution is -2.28. The van der Waals surface area contributed by atoms with Gasteiger partial charge in [-0.2, -0.15) is 4.31 Å². The third-order valence-corrected chi connectivity index (χ3v) is 6.86. The standard InChI is InChI=1S/C18H18Cl2N2O4S/c1-26-15-8-7-12(11-16(15)27(24,25)22-9-2-3-10-22)18(23)21-17-13(19)5-4-6-14(17)20/h4-8,11H,2-3,9-10H2,1H3,(H,21,23). The second-order valence-corrected chi connectivity index (χ2v) is 8.75. The molecule has 9 heteroatoms. The lowest BCUT2D eigenvalue weighted by Gasteiger charge is -2.18. The average Bonchev–Trinajstić information content (AvgIpc) is 3.20. The number of ether oxygens (including phenoxy) is 1. The highest BCUT2D eigenvalue weighted by molar-refractivity contribution is 7.89. The van der Waals surface area contributed by atoms with Gasteiger partial charge in [-0.25, -0.2) is 8.42 Å². The van der Waals surface area contributed by atoms with E-state index < -0.39 is 15.9 Å². The van der Waals surface area contributed by atoms with E-state index in [0.717, 1.165) is 12.8 Å². The fourth-order valence-corrected chi connectivity index (χ4v) is 5.08. The van der Waals surface area contributed by atoms with Gasteiger partial charge in [-0.3, -0.25) is 4.79 Å². The number of para-hydroxylation sites is 1. The highest BCUT2D eigenvalue weighted by Crippen LogP contribution is 2.32. The van der Waals surface area contributed by atoms with Gasteiger partial charge in [-0.05, 0) is 43.2 Å². The van der Waals surface area contributed by atoms with Crippen molar-refractivity contribution in [3.8, 4) is 5.75 Å². The van der Waals surface area contributed by atoms with Gasteiger partial charge in [0.05, 0.1) is 22.8 Å². The molecule has 6 nitrogen and oxygen atoms in total. The summed E-state index contributed by atoms with van der Waals surface area (Å²) in [5.74, 6) is -0.334. The van der Waals surface area contributed by atoms with Crippen LogP contribution in [0.25, 0.3) is 0 Å². The zero-order valence-electron chi connectivity index (χ0n) is 14.5. The molecule has 2 aromatic carbocycles. The van der Waals surface area contributed by atoms with Crippen LogP contribution in [-0.2, 0) is 10.0 Å². The number of methoxy groups -OCH3 is 1. The molecule has 2 aromatic rings. The molecular formula is C18H18Cl2N2O4S. The van der Waals surface area contributed by atoms with Crippen LogP contribution in [0.15, 0.2) is 41.3 Å². The molecular weight excluding hydrogens is 411 g/mol. The van der Waals surface area contributed by atoms with Crippen molar-refractivity contribution in [2.45, 2.75) is 17.7 Å². The van der Waals surface area contributed by atoms with E-state index in [0.29, 0.717) is 13.1 Å². The zero-order valence-corrected chi connectivity index (χ0v) is 16.9. The molecule has 1 heterocycles. The Morgan fingerprint density at radius 1 is 1.11 bits per heavy atom. The monoisotopic (exact) mass is 428 g/mol. The largest absolute Gasteiger partial charge is 0.495 e. The van der Waals surface area contributed by atoms with Crippen LogP contribution >= 0.6 is 23.2 Å². The van der Waals surface area contributed by atoms with Crippen LogP contribution in [0, 0.1) is 0 Å². The lowest BCUT2D eigenvalue weighted by atomic mass is 10.2. The van der Waals surface area contributed by atoms with E-state index in [2.05, 4.69) is 5.32 Å². The van der Waals surface area contributed by atoms with E-state index in [1.54, 1.807) is 18.2 Å². The number of anilines is 1. The van der Waals surface area contributed by atoms with Crippen molar-refractivity contribution in [3.05, 3.63) is 52.0 Å². The molecule has 0 bridgehead atoms. The molecule has 0 unspecified atom stereocenters. The Labute approximate surface area is 168 Å². The number of sulfonamides is 1. The molecule has 0 spiro atoms. The van der Waals surface area contributed by atoms with Gasteiger partial charge in [-0.15, -0.1) is 0 Å². The first kappa shape index (κ1) is 19.9. The average molecular weight is 429 g/mol. The molecule has 1 aliphatic rings. The van der Waals surface area contributed by atoms with Crippen LogP contribution in [0.2, 0.25) is 10.0 Å². The van der Waals surface area contributed by atoms with E-state index in [4.69, 9.17) is 27.9 Å². The van der Waals surface area contributed by atoms with Crippen molar-refractivity contribution >= 4 is 44.8 Å². The van der Waals surface area contributed by atoms with Gasteiger partial charge in [0.15, 0.2) is 0 Å². The summed E-state index contributed by atoms with van der Waals surface area (Å²) in [4.78, 5) is 12.6. The van der Waals surface area contributed by atoms with Crippen molar-refractivity contribution in [1.82, 2.24) is 4.31 Å². The minimum atomic E-state index is -3.75. The molecule has 144 valence electrons. The number of hydrogen-bond acceptors (Lipinski definition) is 4. The summed E-state index contributed by atoms with van der Waals surface area (Å²) in [6, 6.07) is 9.12. The smallest absolute Gasteiger partial charge is 0.255 e. The molecule has 0 saturated carbocycles. The van der Waals surface area contributed by atoms with Gasteiger partial charge in [0.1, 0.15) is 10.6 Å². The summed E-state index contributed by atoms with van der Waals surface area (Å²) >= 11 is 12.2. The molecule has 0 aliphatic carbocycles. The number of carbonyl (C=O) groups excluding carboxylic acids is 1. The van der Waals surface area contributed by atoms with Crippen molar-refractivity contribution in [2.24, 2.45) is 0 Å². The Bertz CT molecular complexity index is 953. The maximum Gasteiger partial charge on any atom is 0.255 e. The predicted molar refractivity (Wildman–Crippen MR) is 105 cm³/mol. The first-order chi connectivity index (χ1) is 12.8. The van der Waals surface area contributed by atoms with Crippen LogP contribution in [0.4, 0.5) is 5.69 Å². The van der Waals surface area contributed by atoms with E-state index >= 15 is 0 Å². The third-order valence-electron chi connectivity index (χ3n) is 4.31. The van der Waals surface area contributed by atoms with Crippen molar-refractivity contribution in [3.63, 3.8) is 0 Å². The van der Waals surface area contributed by atoms with Gasteiger partial charge in [-0.1, -0.05) is 29.3 Å². The Morgan fingerprint density at radius 3 is 2.33 bits per heavy atom. The van der Waals surface area contributed by atoms with Crippen LogP contribution in [0.1, 0.15) is 23.2 Å². The van der Waals surface area contributed by atoms with Crippen LogP contribution < -0.4 is 10.1 Å². The maximum atomic E-state index is 12.9. The Hall–Kier alpha value is -1.80. The minimum absolute atomic E-state index is 0.0372. The van der Waals surface area contributed by atoms with Gasteiger partial charge in [0, 0.05) is 18.7 Å². The van der Waals surface area contributed by atoms with Crippen molar-refractivity contribution in [2.75, 3.05) is 25.5 Å². The van der Waals surface area contributed by atoms with Crippen LogP contribution in [-0.4, -0.2) is 38.8 Å². The highest BCUT2D eigenvalue weighted by atomic mass is 35.5. The molecule has 3 rings (SSSR count). The van der Waals surface area contributed by atoms with Crippen LogP contribution in [0.5, 0.6) is 5.75 Å². The number of nitrogens with one attached hydrogen (secondary N) is 1. The van der Waals surface area contributed by atoms with Crippen LogP contribution in [0.3, 0.4) is 0 Å². The maximum absolute atomic E-state index is 12.9. The summed E-state index contributed by atoms with van der Waals surface area (Å²) in [5.41, 5.74) is 0.426. The first-order valence-electron chi connectivity index (χ1n) is 8.28. The van der Waals surface area contributed by atoms with Gasteiger partial charge >= 0.3 is 0 Å². The quantitative estimate of drug-likeness (QED) is 0.779. The summed E-state index contributed by atoms with van der Waals surface area (Å²) in [6.45, 7) is 0.911. The van der Waals surface area contributed by atoms with E-state index in [1.807, 2.05) is 0 Å². The Balaban J connectivity index is 1.96. The van der Waals surface area contributed by atoms with E-state index in [9.17, 15) is 13.2 Å². The number of carbonyl (C=O) groups is 1. The summed E-state index contributed by atoms with van der Waals surface area (Å²) in [5, 5.41) is 3.20. The number of halogens is 2. The number of nitrogens with zero attached hydrogens (tertiary/aromatic N) is 1. The third kappa shape index (κ3) is 4.06. The first-order valence-corrected chi connectivity index (χ1v) is 10.5. The SMILES string of the molecule is COc1ccc(C(=O)Nc2c(Cl)cccc2Cl)cc1S(=O)(=O)N1CCCC1. The molecule has 1 N–H and O–H groups in total. The van der Waals surface area contributed by atoms with E-state index in [1.165, 1.54) is 29.6 Å². The van der Waals surface area contributed by atoms with Gasteiger partial charge in [0.2, 0.25) is 10.0 Å². The number of rotatable bonds is 5. The summed E-state index contributed by atoms with van der Waals surface area (Å²) in [6.07, 6.45) is 1.62. The molecule has 0 aromatic heterocycles. The van der Waals surface area contributed by atoms with Crippen molar-refractivity contribution in [1.29, 1.82) is 0 Å². The fraction of sp³-hybridized carbons (Fsp3) is 0.278. The number of amides is 1. The Morgan fingerprint density at radius 2 is 1.74 bits per heavy atom. The molecule has 1 amide bonds. The molecule has 0 atom stereocenters. The Kier molecular flexibility index (Phi) is 5.95. The second kappa shape index (κ2) is 8.06. The fourth-order valence-electron chi connectivity index (χ4n) is 2.89.